The summed E-state index contributed by atoms with van der Waals surface area (Å²) in [6.45, 7) is 4.26. The highest BCUT2D eigenvalue weighted by Gasteiger charge is 2.48. The number of benzene rings is 1. The molecule has 1 aliphatic carbocycles. The average molecular weight is 260 g/mol. The van der Waals surface area contributed by atoms with E-state index in [0.29, 0.717) is 19.3 Å². The van der Waals surface area contributed by atoms with Gasteiger partial charge in [-0.15, -0.1) is 0 Å². The van der Waals surface area contributed by atoms with Gasteiger partial charge in [0.2, 0.25) is 0 Å². The molecule has 1 unspecified atom stereocenters. The molecule has 1 fully saturated rings. The second-order valence-electron chi connectivity index (χ2n) is 5.59. The summed E-state index contributed by atoms with van der Waals surface area (Å²) in [7, 11) is 0. The summed E-state index contributed by atoms with van der Waals surface area (Å²) >= 11 is 0. The van der Waals surface area contributed by atoms with Gasteiger partial charge in [-0.25, -0.2) is 0 Å². The second-order valence-corrected chi connectivity index (χ2v) is 5.59. The fourth-order valence-corrected chi connectivity index (χ4v) is 2.66. The molecule has 0 N–H and O–H groups in total. The van der Waals surface area contributed by atoms with Crippen LogP contribution in [0.4, 0.5) is 0 Å². The van der Waals surface area contributed by atoms with Gasteiger partial charge in [-0.2, -0.15) is 0 Å². The Hall–Kier alpha value is -1.64. The first-order valence-corrected chi connectivity index (χ1v) is 6.77. The van der Waals surface area contributed by atoms with E-state index in [0.717, 1.165) is 5.56 Å². The molecule has 2 rings (SSSR count). The van der Waals surface area contributed by atoms with Gasteiger partial charge in [0.05, 0.1) is 5.41 Å². The van der Waals surface area contributed by atoms with Crippen LogP contribution in [0.2, 0.25) is 0 Å². The molecule has 0 aliphatic heterocycles. The van der Waals surface area contributed by atoms with Gasteiger partial charge in [0.15, 0.2) is 0 Å². The minimum absolute atomic E-state index is 0.127. The molecule has 1 aromatic carbocycles. The number of Topliss-reactive ketones (excluding diaryl/α,β-unsaturated/α-hetero) is 1. The quantitative estimate of drug-likeness (QED) is 0.781. The molecule has 0 bridgehead atoms. The molecule has 1 aromatic rings. The SMILES string of the molecule is CC(C)C1(C(=O)OCc2ccccc2)CCC(=O)C1. The molecule has 102 valence electrons. The van der Waals surface area contributed by atoms with Crippen molar-refractivity contribution in [2.45, 2.75) is 39.7 Å². The molecule has 0 aromatic heterocycles. The number of hydrogen-bond donors (Lipinski definition) is 0. The van der Waals surface area contributed by atoms with Crippen molar-refractivity contribution >= 4 is 11.8 Å². The first kappa shape index (κ1) is 13.8. The number of carbonyl (C=O) groups excluding carboxylic acids is 2. The number of carbonyl (C=O) groups is 2. The molecular formula is C16H20O3. The number of rotatable bonds is 4. The predicted molar refractivity (Wildman–Crippen MR) is 72.4 cm³/mol. The van der Waals surface area contributed by atoms with Crippen LogP contribution in [0.25, 0.3) is 0 Å². The summed E-state index contributed by atoms with van der Waals surface area (Å²) in [4.78, 5) is 23.9. The normalized spacial score (nSPS) is 22.8. The smallest absolute Gasteiger partial charge is 0.313 e. The summed E-state index contributed by atoms with van der Waals surface area (Å²) in [6, 6.07) is 9.61. The first-order valence-electron chi connectivity index (χ1n) is 6.77. The Kier molecular flexibility index (Phi) is 4.03. The van der Waals surface area contributed by atoms with Gasteiger partial charge in [0.1, 0.15) is 12.4 Å². The van der Waals surface area contributed by atoms with Gasteiger partial charge >= 0.3 is 5.97 Å². The van der Waals surface area contributed by atoms with E-state index in [1.807, 2.05) is 44.2 Å². The highest BCUT2D eigenvalue weighted by molar-refractivity contribution is 5.90. The molecule has 19 heavy (non-hydrogen) atoms. The summed E-state index contributed by atoms with van der Waals surface area (Å²) in [5, 5.41) is 0. The van der Waals surface area contributed by atoms with E-state index in [9.17, 15) is 9.59 Å². The van der Waals surface area contributed by atoms with Gasteiger partial charge in [-0.1, -0.05) is 44.2 Å². The lowest BCUT2D eigenvalue weighted by Gasteiger charge is -2.29. The van der Waals surface area contributed by atoms with Gasteiger partial charge in [0, 0.05) is 12.8 Å². The Morgan fingerprint density at radius 2 is 2.00 bits per heavy atom. The molecule has 0 radical (unpaired) electrons. The molecule has 1 saturated carbocycles. The summed E-state index contributed by atoms with van der Waals surface area (Å²) in [6.07, 6.45) is 1.45. The van der Waals surface area contributed by atoms with E-state index in [4.69, 9.17) is 4.74 Å². The van der Waals surface area contributed by atoms with Crippen LogP contribution in [0, 0.1) is 11.3 Å². The van der Waals surface area contributed by atoms with Gasteiger partial charge in [0.25, 0.3) is 0 Å². The molecule has 1 aliphatic rings. The fraction of sp³-hybridized carbons (Fsp3) is 0.500. The topological polar surface area (TPSA) is 43.4 Å². The highest BCUT2D eigenvalue weighted by atomic mass is 16.5. The van der Waals surface area contributed by atoms with Crippen LogP contribution in [0.1, 0.15) is 38.7 Å². The number of esters is 1. The van der Waals surface area contributed by atoms with E-state index < -0.39 is 5.41 Å². The lowest BCUT2D eigenvalue weighted by molar-refractivity contribution is -0.160. The maximum Gasteiger partial charge on any atom is 0.313 e. The molecule has 0 spiro atoms. The van der Waals surface area contributed by atoms with Crippen LogP contribution in [0.5, 0.6) is 0 Å². The Morgan fingerprint density at radius 3 is 2.53 bits per heavy atom. The lowest BCUT2D eigenvalue weighted by Crippen LogP contribution is -2.35. The van der Waals surface area contributed by atoms with Crippen LogP contribution < -0.4 is 0 Å². The van der Waals surface area contributed by atoms with Crippen molar-refractivity contribution in [2.75, 3.05) is 0 Å². The molecule has 1 atom stereocenters. The number of hydrogen-bond acceptors (Lipinski definition) is 3. The molecule has 0 amide bonds. The zero-order valence-electron chi connectivity index (χ0n) is 11.5. The number of ether oxygens (including phenoxy) is 1. The molecule has 0 heterocycles. The largest absolute Gasteiger partial charge is 0.460 e. The molecular weight excluding hydrogens is 240 g/mol. The van der Waals surface area contributed by atoms with Crippen LogP contribution in [-0.2, 0) is 20.9 Å². The minimum atomic E-state index is -0.605. The minimum Gasteiger partial charge on any atom is -0.460 e. The zero-order chi connectivity index (χ0) is 13.9. The number of ketones is 1. The van der Waals surface area contributed by atoms with Crippen molar-refractivity contribution < 1.29 is 14.3 Å². The first-order chi connectivity index (χ1) is 9.04. The van der Waals surface area contributed by atoms with Crippen molar-refractivity contribution in [1.29, 1.82) is 0 Å². The van der Waals surface area contributed by atoms with Crippen molar-refractivity contribution in [3.63, 3.8) is 0 Å². The zero-order valence-corrected chi connectivity index (χ0v) is 11.5. The third kappa shape index (κ3) is 2.86. The van der Waals surface area contributed by atoms with Crippen LogP contribution in [0.3, 0.4) is 0 Å². The van der Waals surface area contributed by atoms with E-state index in [1.165, 1.54) is 0 Å². The van der Waals surface area contributed by atoms with E-state index >= 15 is 0 Å². The van der Waals surface area contributed by atoms with Gasteiger partial charge in [-0.3, -0.25) is 9.59 Å². The Morgan fingerprint density at radius 1 is 1.32 bits per heavy atom. The van der Waals surface area contributed by atoms with Gasteiger partial charge in [-0.05, 0) is 17.9 Å². The van der Waals surface area contributed by atoms with Crippen LogP contribution >= 0.6 is 0 Å². The fourth-order valence-electron chi connectivity index (χ4n) is 2.66. The van der Waals surface area contributed by atoms with Crippen LogP contribution in [0.15, 0.2) is 30.3 Å². The summed E-state index contributed by atoms with van der Waals surface area (Å²) < 4.78 is 5.43. The maximum absolute atomic E-state index is 12.4. The third-order valence-corrected chi connectivity index (χ3v) is 4.09. The van der Waals surface area contributed by atoms with Crippen molar-refractivity contribution in [3.8, 4) is 0 Å². The summed E-state index contributed by atoms with van der Waals surface area (Å²) in [5.41, 5.74) is 0.366. The monoisotopic (exact) mass is 260 g/mol. The van der Waals surface area contributed by atoms with Crippen LogP contribution in [-0.4, -0.2) is 11.8 Å². The Balaban J connectivity index is 2.03. The van der Waals surface area contributed by atoms with Crippen molar-refractivity contribution in [3.05, 3.63) is 35.9 Å². The Bertz CT molecular complexity index is 464. The van der Waals surface area contributed by atoms with Crippen molar-refractivity contribution in [1.82, 2.24) is 0 Å². The highest BCUT2D eigenvalue weighted by Crippen LogP contribution is 2.43. The van der Waals surface area contributed by atoms with Crippen molar-refractivity contribution in [2.24, 2.45) is 11.3 Å². The summed E-state index contributed by atoms with van der Waals surface area (Å²) in [5.74, 6) is 0.0739. The van der Waals surface area contributed by atoms with Gasteiger partial charge < -0.3 is 4.74 Å². The lowest BCUT2D eigenvalue weighted by atomic mass is 9.76. The predicted octanol–water partition coefficient (Wildman–Crippen LogP) is 3.13. The molecule has 3 nitrogen and oxygen atoms in total. The molecule has 3 heteroatoms. The van der Waals surface area contributed by atoms with E-state index in [-0.39, 0.29) is 24.3 Å². The third-order valence-electron chi connectivity index (χ3n) is 4.09. The standard InChI is InChI=1S/C16H20O3/c1-12(2)16(9-8-14(17)10-16)15(18)19-11-13-6-4-3-5-7-13/h3-7,12H,8-11H2,1-2H3. The van der Waals surface area contributed by atoms with E-state index in [2.05, 4.69) is 0 Å². The maximum atomic E-state index is 12.4. The average Bonchev–Trinajstić information content (AvgIpc) is 2.81. The van der Waals surface area contributed by atoms with E-state index in [1.54, 1.807) is 0 Å². The Labute approximate surface area is 114 Å². The molecule has 0 saturated heterocycles. The second kappa shape index (κ2) is 5.55.